The fourth-order valence-corrected chi connectivity index (χ4v) is 2.10. The summed E-state index contributed by atoms with van der Waals surface area (Å²) in [5.74, 6) is -0.0933. The average molecular weight is 215 g/mol. The molecule has 1 aromatic rings. The maximum absolute atomic E-state index is 12.9. The van der Waals surface area contributed by atoms with E-state index in [1.807, 2.05) is 0 Å². The van der Waals surface area contributed by atoms with Crippen molar-refractivity contribution in [3.8, 4) is 0 Å². The van der Waals surface area contributed by atoms with Crippen LogP contribution in [0.25, 0.3) is 0 Å². The van der Waals surface area contributed by atoms with Crippen molar-refractivity contribution in [1.82, 2.24) is 0 Å². The summed E-state index contributed by atoms with van der Waals surface area (Å²) in [5, 5.41) is 9.18. The molecule has 2 atom stereocenters. The van der Waals surface area contributed by atoms with Crippen molar-refractivity contribution in [2.24, 2.45) is 5.92 Å². The quantitative estimate of drug-likeness (QED) is 0.803. The Bertz CT molecular complexity index is 366. The SMILES string of the molecule is CC1(c2ccc(F)c(Cl)c2)CC1CO. The Labute approximate surface area is 87.5 Å². The number of hydrogen-bond donors (Lipinski definition) is 1. The van der Waals surface area contributed by atoms with Crippen LogP contribution in [0.4, 0.5) is 4.39 Å². The highest BCUT2D eigenvalue weighted by Gasteiger charge is 2.50. The molecule has 0 aromatic heterocycles. The molecule has 0 spiro atoms. The van der Waals surface area contributed by atoms with Gasteiger partial charge in [-0.3, -0.25) is 0 Å². The largest absolute Gasteiger partial charge is 0.396 e. The number of aliphatic hydroxyl groups is 1. The monoisotopic (exact) mass is 214 g/mol. The average Bonchev–Trinajstić information content (AvgIpc) is 2.83. The van der Waals surface area contributed by atoms with E-state index in [9.17, 15) is 4.39 Å². The fraction of sp³-hybridized carbons (Fsp3) is 0.455. The highest BCUT2D eigenvalue weighted by molar-refractivity contribution is 6.30. The van der Waals surface area contributed by atoms with E-state index in [0.717, 1.165) is 12.0 Å². The summed E-state index contributed by atoms with van der Waals surface area (Å²) in [5.41, 5.74) is 1.01. The van der Waals surface area contributed by atoms with Crippen LogP contribution in [0.15, 0.2) is 18.2 Å². The van der Waals surface area contributed by atoms with Crippen molar-refractivity contribution in [2.75, 3.05) is 6.61 Å². The highest BCUT2D eigenvalue weighted by Crippen LogP contribution is 2.53. The van der Waals surface area contributed by atoms with Gasteiger partial charge in [0.25, 0.3) is 0 Å². The van der Waals surface area contributed by atoms with Gasteiger partial charge in [0.15, 0.2) is 0 Å². The predicted octanol–water partition coefficient (Wildman–Crippen LogP) is 2.75. The van der Waals surface area contributed by atoms with E-state index >= 15 is 0 Å². The summed E-state index contributed by atoms with van der Waals surface area (Å²) in [6.45, 7) is 2.25. The van der Waals surface area contributed by atoms with Crippen LogP contribution in [0.3, 0.4) is 0 Å². The predicted molar refractivity (Wildman–Crippen MR) is 54.0 cm³/mol. The van der Waals surface area contributed by atoms with Crippen LogP contribution in [-0.4, -0.2) is 11.7 Å². The van der Waals surface area contributed by atoms with Gasteiger partial charge < -0.3 is 5.11 Å². The van der Waals surface area contributed by atoms with Crippen molar-refractivity contribution >= 4 is 11.6 Å². The van der Waals surface area contributed by atoms with Crippen molar-refractivity contribution in [3.63, 3.8) is 0 Å². The topological polar surface area (TPSA) is 20.2 Å². The van der Waals surface area contributed by atoms with Crippen LogP contribution in [0, 0.1) is 11.7 Å². The summed E-state index contributed by atoms with van der Waals surface area (Å²) in [6, 6.07) is 4.79. The minimum atomic E-state index is -0.389. The van der Waals surface area contributed by atoms with E-state index in [2.05, 4.69) is 6.92 Å². The van der Waals surface area contributed by atoms with Crippen LogP contribution in [0.2, 0.25) is 5.02 Å². The maximum Gasteiger partial charge on any atom is 0.141 e. The third-order valence-electron chi connectivity index (χ3n) is 3.21. The van der Waals surface area contributed by atoms with Crippen LogP contribution in [0.5, 0.6) is 0 Å². The number of aliphatic hydroxyl groups excluding tert-OH is 1. The molecular formula is C11H12ClFO. The number of benzene rings is 1. The number of hydrogen-bond acceptors (Lipinski definition) is 1. The van der Waals surface area contributed by atoms with Gasteiger partial charge in [0.05, 0.1) is 5.02 Å². The van der Waals surface area contributed by atoms with Gasteiger partial charge in [-0.05, 0) is 35.4 Å². The Kier molecular flexibility index (Phi) is 2.28. The minimum Gasteiger partial charge on any atom is -0.396 e. The minimum absolute atomic E-state index is 0.00785. The molecule has 1 aromatic carbocycles. The summed E-state index contributed by atoms with van der Waals surface area (Å²) in [6.07, 6.45) is 0.950. The third-order valence-corrected chi connectivity index (χ3v) is 3.50. The van der Waals surface area contributed by atoms with Gasteiger partial charge in [0, 0.05) is 6.61 Å². The summed E-state index contributed by atoms with van der Waals surface area (Å²) in [7, 11) is 0. The molecular weight excluding hydrogens is 203 g/mol. The first kappa shape index (κ1) is 9.94. The lowest BCUT2D eigenvalue weighted by atomic mass is 9.96. The lowest BCUT2D eigenvalue weighted by Crippen LogP contribution is -2.06. The molecule has 1 aliphatic carbocycles. The normalized spacial score (nSPS) is 30.4. The molecule has 0 radical (unpaired) electrons. The van der Waals surface area contributed by atoms with Crippen LogP contribution in [-0.2, 0) is 5.41 Å². The van der Waals surface area contributed by atoms with E-state index in [1.165, 1.54) is 6.07 Å². The van der Waals surface area contributed by atoms with Crippen LogP contribution >= 0.6 is 11.6 Å². The lowest BCUT2D eigenvalue weighted by Gasteiger charge is -2.11. The Hall–Kier alpha value is -0.600. The second-order valence-corrected chi connectivity index (χ2v) is 4.54. The molecule has 0 aliphatic heterocycles. The lowest BCUT2D eigenvalue weighted by molar-refractivity contribution is 0.265. The zero-order valence-corrected chi connectivity index (χ0v) is 8.68. The highest BCUT2D eigenvalue weighted by atomic mass is 35.5. The van der Waals surface area contributed by atoms with Gasteiger partial charge in [0.2, 0.25) is 0 Å². The van der Waals surface area contributed by atoms with Crippen molar-refractivity contribution in [3.05, 3.63) is 34.6 Å². The number of halogens is 2. The van der Waals surface area contributed by atoms with Gasteiger partial charge in [-0.25, -0.2) is 4.39 Å². The third kappa shape index (κ3) is 1.43. The molecule has 2 unspecified atom stereocenters. The molecule has 1 N–H and O–H groups in total. The Morgan fingerprint density at radius 1 is 1.64 bits per heavy atom. The molecule has 76 valence electrons. The molecule has 1 saturated carbocycles. The first-order valence-corrected chi connectivity index (χ1v) is 5.02. The zero-order chi connectivity index (χ0) is 10.3. The molecule has 0 heterocycles. The second-order valence-electron chi connectivity index (χ2n) is 4.13. The van der Waals surface area contributed by atoms with Gasteiger partial charge in [-0.1, -0.05) is 24.6 Å². The first-order chi connectivity index (χ1) is 6.58. The Morgan fingerprint density at radius 3 is 2.86 bits per heavy atom. The van der Waals surface area contributed by atoms with Crippen LogP contribution < -0.4 is 0 Å². The zero-order valence-electron chi connectivity index (χ0n) is 7.93. The Morgan fingerprint density at radius 2 is 2.36 bits per heavy atom. The molecule has 0 saturated heterocycles. The molecule has 1 fully saturated rings. The van der Waals surface area contributed by atoms with Crippen molar-refractivity contribution in [2.45, 2.75) is 18.8 Å². The molecule has 3 heteroatoms. The van der Waals surface area contributed by atoms with E-state index in [0.29, 0.717) is 5.92 Å². The van der Waals surface area contributed by atoms with E-state index in [-0.39, 0.29) is 22.9 Å². The van der Waals surface area contributed by atoms with Crippen LogP contribution in [0.1, 0.15) is 18.9 Å². The van der Waals surface area contributed by atoms with E-state index < -0.39 is 0 Å². The van der Waals surface area contributed by atoms with Crippen molar-refractivity contribution in [1.29, 1.82) is 0 Å². The van der Waals surface area contributed by atoms with Gasteiger partial charge in [0.1, 0.15) is 5.82 Å². The van der Waals surface area contributed by atoms with E-state index in [1.54, 1.807) is 12.1 Å². The Balaban J connectivity index is 2.31. The molecule has 0 amide bonds. The molecule has 14 heavy (non-hydrogen) atoms. The summed E-state index contributed by atoms with van der Waals surface area (Å²) < 4.78 is 12.9. The van der Waals surface area contributed by atoms with Gasteiger partial charge in [-0.2, -0.15) is 0 Å². The molecule has 1 aliphatic rings. The molecule has 2 rings (SSSR count). The van der Waals surface area contributed by atoms with Gasteiger partial charge in [-0.15, -0.1) is 0 Å². The second kappa shape index (κ2) is 3.21. The standard InChI is InChI=1S/C11H12ClFO/c1-11(5-8(11)6-14)7-2-3-10(13)9(12)4-7/h2-4,8,14H,5-6H2,1H3. The maximum atomic E-state index is 12.9. The van der Waals surface area contributed by atoms with Gasteiger partial charge >= 0.3 is 0 Å². The number of rotatable bonds is 2. The fourth-order valence-electron chi connectivity index (χ4n) is 1.92. The first-order valence-electron chi connectivity index (χ1n) is 4.64. The summed E-state index contributed by atoms with van der Waals surface area (Å²) >= 11 is 5.70. The smallest absolute Gasteiger partial charge is 0.141 e. The molecule has 1 nitrogen and oxygen atoms in total. The van der Waals surface area contributed by atoms with E-state index in [4.69, 9.17) is 16.7 Å². The van der Waals surface area contributed by atoms with Crippen molar-refractivity contribution < 1.29 is 9.50 Å². The molecule has 0 bridgehead atoms. The summed E-state index contributed by atoms with van der Waals surface area (Å²) in [4.78, 5) is 0.